The largest absolute Gasteiger partial charge is 0.481 e. The van der Waals surface area contributed by atoms with Gasteiger partial charge in [0.25, 0.3) is 0 Å². The van der Waals surface area contributed by atoms with Gasteiger partial charge in [-0.05, 0) is 87.8 Å². The van der Waals surface area contributed by atoms with E-state index in [1.165, 1.54) is 0 Å². The van der Waals surface area contributed by atoms with E-state index in [0.29, 0.717) is 19.6 Å². The standard InChI is InChI=1S/C34H41NO5/c1-4-40-32(38)33(2,3)26-17-15-25(16-18-26)30(31(36)37)21-24-35-22-19-29(20-23-35)34(39,27-11-7-5-8-12-27)28-13-9-6-10-14-28/h5-18,29-30,39H,4,19-24H2,1-3H3,(H,36,37). The quantitative estimate of drug-likeness (QED) is 0.300. The zero-order valence-corrected chi connectivity index (χ0v) is 23.8. The number of carbonyl (C=O) groups is 2. The van der Waals surface area contributed by atoms with Gasteiger partial charge in [0.1, 0.15) is 5.60 Å². The van der Waals surface area contributed by atoms with Crippen LogP contribution in [-0.2, 0) is 25.3 Å². The first-order valence-electron chi connectivity index (χ1n) is 14.2. The molecule has 0 radical (unpaired) electrons. The molecule has 3 aromatic carbocycles. The van der Waals surface area contributed by atoms with E-state index >= 15 is 0 Å². The summed E-state index contributed by atoms with van der Waals surface area (Å²) in [6, 6.07) is 27.1. The molecule has 1 unspecified atom stereocenters. The first-order chi connectivity index (χ1) is 19.2. The Morgan fingerprint density at radius 3 is 1.88 bits per heavy atom. The highest BCUT2D eigenvalue weighted by Gasteiger charge is 2.41. The van der Waals surface area contributed by atoms with Crippen molar-refractivity contribution in [1.82, 2.24) is 4.90 Å². The molecule has 4 rings (SSSR count). The summed E-state index contributed by atoms with van der Waals surface area (Å²) in [7, 11) is 0. The molecule has 3 aromatic rings. The van der Waals surface area contributed by atoms with Crippen LogP contribution in [0.4, 0.5) is 0 Å². The second-order valence-corrected chi connectivity index (χ2v) is 11.3. The molecular weight excluding hydrogens is 502 g/mol. The second kappa shape index (κ2) is 12.8. The minimum atomic E-state index is -1.07. The zero-order chi connectivity index (χ0) is 28.8. The molecule has 2 N–H and O–H groups in total. The van der Waals surface area contributed by atoms with Gasteiger partial charge in [-0.1, -0.05) is 84.9 Å². The summed E-state index contributed by atoms with van der Waals surface area (Å²) in [4.78, 5) is 26.9. The van der Waals surface area contributed by atoms with Crippen molar-refractivity contribution in [2.45, 2.75) is 57.0 Å². The number of carboxylic acids is 1. The highest BCUT2D eigenvalue weighted by Crippen LogP contribution is 2.42. The molecule has 212 valence electrons. The number of carbonyl (C=O) groups excluding carboxylic acids is 1. The van der Waals surface area contributed by atoms with Crippen LogP contribution in [0, 0.1) is 5.92 Å². The van der Waals surface area contributed by atoms with Gasteiger partial charge in [0.15, 0.2) is 0 Å². The van der Waals surface area contributed by atoms with E-state index < -0.39 is 22.9 Å². The van der Waals surface area contributed by atoms with Crippen molar-refractivity contribution >= 4 is 11.9 Å². The van der Waals surface area contributed by atoms with E-state index in [9.17, 15) is 19.8 Å². The molecule has 0 aromatic heterocycles. The molecule has 1 fully saturated rings. The van der Waals surface area contributed by atoms with Crippen molar-refractivity contribution in [2.75, 3.05) is 26.2 Å². The summed E-state index contributed by atoms with van der Waals surface area (Å²) in [5.74, 6) is -1.73. The molecule has 40 heavy (non-hydrogen) atoms. The Kier molecular flexibility index (Phi) is 9.44. The van der Waals surface area contributed by atoms with Gasteiger partial charge in [-0.3, -0.25) is 9.59 Å². The number of carboxylic acid groups (broad SMARTS) is 1. The highest BCUT2D eigenvalue weighted by atomic mass is 16.5. The van der Waals surface area contributed by atoms with Crippen molar-refractivity contribution < 1.29 is 24.5 Å². The van der Waals surface area contributed by atoms with Crippen molar-refractivity contribution in [3.63, 3.8) is 0 Å². The molecule has 1 atom stereocenters. The van der Waals surface area contributed by atoms with Gasteiger partial charge in [0.2, 0.25) is 0 Å². The third-order valence-electron chi connectivity index (χ3n) is 8.46. The zero-order valence-electron chi connectivity index (χ0n) is 23.8. The highest BCUT2D eigenvalue weighted by molar-refractivity contribution is 5.82. The number of aliphatic hydroxyl groups is 1. The van der Waals surface area contributed by atoms with Crippen molar-refractivity contribution in [3.05, 3.63) is 107 Å². The lowest BCUT2D eigenvalue weighted by molar-refractivity contribution is -0.148. The maximum absolute atomic E-state index is 12.4. The summed E-state index contributed by atoms with van der Waals surface area (Å²) >= 11 is 0. The van der Waals surface area contributed by atoms with Crippen LogP contribution >= 0.6 is 0 Å². The molecule has 0 amide bonds. The van der Waals surface area contributed by atoms with Gasteiger partial charge >= 0.3 is 11.9 Å². The lowest BCUT2D eigenvalue weighted by Crippen LogP contribution is -2.44. The normalized spacial score (nSPS) is 15.9. The predicted molar refractivity (Wildman–Crippen MR) is 156 cm³/mol. The average Bonchev–Trinajstić information content (AvgIpc) is 2.98. The number of ether oxygens (including phenoxy) is 1. The number of hydrogen-bond acceptors (Lipinski definition) is 5. The first kappa shape index (κ1) is 29.5. The Bertz CT molecular complexity index is 1210. The van der Waals surface area contributed by atoms with E-state index in [1.54, 1.807) is 6.92 Å². The number of hydrogen-bond donors (Lipinski definition) is 2. The molecule has 6 heteroatoms. The molecule has 0 bridgehead atoms. The van der Waals surface area contributed by atoms with Gasteiger partial charge in [-0.2, -0.15) is 0 Å². The molecular formula is C34H41NO5. The fraction of sp³-hybridized carbons (Fsp3) is 0.412. The fourth-order valence-electron chi connectivity index (χ4n) is 5.90. The fourth-order valence-corrected chi connectivity index (χ4v) is 5.90. The Morgan fingerprint density at radius 1 is 0.875 bits per heavy atom. The van der Waals surface area contributed by atoms with Crippen molar-refractivity contribution in [1.29, 1.82) is 0 Å². The number of benzene rings is 3. The number of esters is 1. The average molecular weight is 544 g/mol. The molecule has 0 saturated carbocycles. The second-order valence-electron chi connectivity index (χ2n) is 11.3. The molecule has 0 aliphatic carbocycles. The van der Waals surface area contributed by atoms with E-state index in [0.717, 1.165) is 48.2 Å². The monoisotopic (exact) mass is 543 g/mol. The lowest BCUT2D eigenvalue weighted by atomic mass is 9.72. The summed E-state index contributed by atoms with van der Waals surface area (Å²) in [5.41, 5.74) is 1.45. The number of likely N-dealkylation sites (tertiary alicyclic amines) is 1. The van der Waals surface area contributed by atoms with E-state index in [1.807, 2.05) is 98.8 Å². The van der Waals surface area contributed by atoms with E-state index in [-0.39, 0.29) is 11.9 Å². The summed E-state index contributed by atoms with van der Waals surface area (Å²) in [5, 5.41) is 22.1. The van der Waals surface area contributed by atoms with E-state index in [4.69, 9.17) is 4.74 Å². The van der Waals surface area contributed by atoms with Gasteiger partial charge in [0.05, 0.1) is 17.9 Å². The lowest BCUT2D eigenvalue weighted by Gasteiger charge is -2.42. The van der Waals surface area contributed by atoms with Crippen LogP contribution in [0.1, 0.15) is 68.2 Å². The Balaban J connectivity index is 1.41. The maximum Gasteiger partial charge on any atom is 0.315 e. The SMILES string of the molecule is CCOC(=O)C(C)(C)c1ccc(C(CCN2CCC(C(O)(c3ccccc3)c3ccccc3)CC2)C(=O)O)cc1. The third-order valence-corrected chi connectivity index (χ3v) is 8.46. The molecule has 0 spiro atoms. The Labute approximate surface area is 237 Å². The van der Waals surface area contributed by atoms with Crippen LogP contribution in [0.5, 0.6) is 0 Å². The third kappa shape index (κ3) is 6.29. The molecule has 6 nitrogen and oxygen atoms in total. The van der Waals surface area contributed by atoms with Crippen molar-refractivity contribution in [3.8, 4) is 0 Å². The van der Waals surface area contributed by atoms with Crippen LogP contribution in [0.15, 0.2) is 84.9 Å². The maximum atomic E-state index is 12.4. The first-order valence-corrected chi connectivity index (χ1v) is 14.2. The molecule has 1 heterocycles. The Hall–Kier alpha value is -3.48. The molecule has 1 saturated heterocycles. The summed E-state index contributed by atoms with van der Waals surface area (Å²) in [6.45, 7) is 7.98. The molecule has 1 aliphatic rings. The van der Waals surface area contributed by atoms with Gasteiger partial charge in [-0.25, -0.2) is 0 Å². The number of nitrogens with zero attached hydrogens (tertiary/aromatic N) is 1. The minimum absolute atomic E-state index is 0.0547. The van der Waals surface area contributed by atoms with Gasteiger partial charge < -0.3 is 19.8 Å². The Morgan fingerprint density at radius 2 is 1.40 bits per heavy atom. The number of aliphatic carboxylic acids is 1. The van der Waals surface area contributed by atoms with Crippen LogP contribution in [0.25, 0.3) is 0 Å². The van der Waals surface area contributed by atoms with Crippen LogP contribution in [0.2, 0.25) is 0 Å². The van der Waals surface area contributed by atoms with Crippen LogP contribution in [-0.4, -0.2) is 53.3 Å². The van der Waals surface area contributed by atoms with Gasteiger partial charge in [-0.15, -0.1) is 0 Å². The van der Waals surface area contributed by atoms with Gasteiger partial charge in [0, 0.05) is 0 Å². The summed E-state index contributed by atoms with van der Waals surface area (Å²) in [6.07, 6.45) is 2.12. The minimum Gasteiger partial charge on any atom is -0.481 e. The van der Waals surface area contributed by atoms with Crippen LogP contribution < -0.4 is 0 Å². The predicted octanol–water partition coefficient (Wildman–Crippen LogP) is 5.73. The number of rotatable bonds is 11. The molecule has 1 aliphatic heterocycles. The van der Waals surface area contributed by atoms with E-state index in [2.05, 4.69) is 4.90 Å². The summed E-state index contributed by atoms with van der Waals surface area (Å²) < 4.78 is 5.21. The topological polar surface area (TPSA) is 87.1 Å². The smallest absolute Gasteiger partial charge is 0.315 e. The van der Waals surface area contributed by atoms with Crippen molar-refractivity contribution in [2.24, 2.45) is 5.92 Å². The van der Waals surface area contributed by atoms with Crippen LogP contribution in [0.3, 0.4) is 0 Å². The number of piperidine rings is 1.